The van der Waals surface area contributed by atoms with E-state index >= 15 is 0 Å². The Morgan fingerprint density at radius 2 is 0.929 bits per heavy atom. The van der Waals surface area contributed by atoms with Gasteiger partial charge in [0, 0.05) is 11.1 Å². The van der Waals surface area contributed by atoms with Crippen molar-refractivity contribution < 1.29 is 39.5 Å². The molecule has 2 aromatic carbocycles. The smallest absolute Gasteiger partial charge is 0.200 e. The van der Waals surface area contributed by atoms with Crippen LogP contribution >= 0.6 is 0 Å². The molecule has 0 nitrogen and oxygen atoms in total. The molecule has 0 radical (unpaired) electrons. The quantitative estimate of drug-likeness (QED) is 0.258. The van der Waals surface area contributed by atoms with Crippen molar-refractivity contribution in [2.24, 2.45) is 0 Å². The van der Waals surface area contributed by atoms with E-state index in [1.165, 1.54) is 14.8 Å². The van der Waals surface area contributed by atoms with Gasteiger partial charge in [0.15, 0.2) is 46.5 Å². The van der Waals surface area contributed by atoms with Crippen molar-refractivity contribution in [3.63, 3.8) is 0 Å². The summed E-state index contributed by atoms with van der Waals surface area (Å²) in [4.78, 5) is 0. The second-order valence-electron chi connectivity index (χ2n) is 6.62. The van der Waals surface area contributed by atoms with Gasteiger partial charge in [-0.1, -0.05) is 33.1 Å². The normalized spacial score (nSPS) is 13.7. The zero-order valence-corrected chi connectivity index (χ0v) is 15.0. The number of hydrogen-bond acceptors (Lipinski definition) is 0. The lowest BCUT2D eigenvalue weighted by molar-refractivity contribution is 0.375. The Kier molecular flexibility index (Phi) is 6.11. The van der Waals surface area contributed by atoms with E-state index in [-0.39, 0.29) is 12.8 Å². The molecule has 2 rings (SSSR count). The maximum Gasteiger partial charge on any atom is 0.200 e. The molecular weight excluding hydrogens is 398 g/mol. The minimum atomic E-state index is -2.52. The molecule has 0 spiro atoms. The Bertz CT molecular complexity index is 913. The van der Waals surface area contributed by atoms with Crippen LogP contribution in [0.1, 0.15) is 38.7 Å². The standard InChI is InChI=1S/C18H14BF9/c1-3-5-18(19,4-2)8-6(9(20)13(24)16(27)12(8)23)7-10(21)14(25)17(28)15(26)11(7)22/h3-5,19H2,1-2H3. The second-order valence-corrected chi connectivity index (χ2v) is 6.62. The average Bonchev–Trinajstić information content (AvgIpc) is 2.67. The van der Waals surface area contributed by atoms with Crippen LogP contribution in [0, 0.1) is 52.4 Å². The van der Waals surface area contributed by atoms with Gasteiger partial charge in [0.2, 0.25) is 5.82 Å². The highest BCUT2D eigenvalue weighted by atomic mass is 19.2. The number of benzene rings is 2. The van der Waals surface area contributed by atoms with Gasteiger partial charge in [0.1, 0.15) is 7.85 Å². The van der Waals surface area contributed by atoms with Gasteiger partial charge in [-0.25, -0.2) is 39.5 Å². The molecule has 152 valence electrons. The van der Waals surface area contributed by atoms with E-state index in [4.69, 9.17) is 0 Å². The molecule has 0 bridgehead atoms. The number of rotatable bonds is 5. The van der Waals surface area contributed by atoms with E-state index in [0.717, 1.165) is 0 Å². The first kappa shape index (κ1) is 22.2. The molecule has 1 unspecified atom stereocenters. The highest BCUT2D eigenvalue weighted by Gasteiger charge is 2.39. The molecule has 0 aromatic heterocycles. The fourth-order valence-corrected chi connectivity index (χ4v) is 3.29. The molecule has 0 N–H and O–H groups in total. The van der Waals surface area contributed by atoms with Gasteiger partial charge in [-0.3, -0.25) is 0 Å². The van der Waals surface area contributed by atoms with Crippen molar-refractivity contribution in [1.82, 2.24) is 0 Å². The van der Waals surface area contributed by atoms with Gasteiger partial charge in [-0.05, 0) is 5.31 Å². The van der Waals surface area contributed by atoms with Gasteiger partial charge in [0.05, 0.1) is 5.56 Å². The summed E-state index contributed by atoms with van der Waals surface area (Å²) < 4.78 is 126. The largest absolute Gasteiger partial charge is 0.203 e. The predicted molar refractivity (Wildman–Crippen MR) is 86.9 cm³/mol. The minimum absolute atomic E-state index is 0.0231. The lowest BCUT2D eigenvalue weighted by Gasteiger charge is -2.32. The van der Waals surface area contributed by atoms with Crippen molar-refractivity contribution in [3.8, 4) is 11.1 Å². The third-order valence-corrected chi connectivity index (χ3v) is 4.91. The van der Waals surface area contributed by atoms with Gasteiger partial charge in [0.25, 0.3) is 0 Å². The Morgan fingerprint density at radius 3 is 1.32 bits per heavy atom. The van der Waals surface area contributed by atoms with E-state index in [9.17, 15) is 39.5 Å². The molecule has 0 saturated heterocycles. The Labute approximate surface area is 155 Å². The summed E-state index contributed by atoms with van der Waals surface area (Å²) in [6, 6.07) is 0. The van der Waals surface area contributed by atoms with Crippen LogP contribution in [-0.2, 0) is 5.31 Å². The molecule has 0 aliphatic carbocycles. The summed E-state index contributed by atoms with van der Waals surface area (Å²) in [7, 11) is 1.29. The highest BCUT2D eigenvalue weighted by Crippen LogP contribution is 2.44. The summed E-state index contributed by atoms with van der Waals surface area (Å²) >= 11 is 0. The van der Waals surface area contributed by atoms with Gasteiger partial charge >= 0.3 is 0 Å². The molecular formula is C18H14BF9. The second kappa shape index (κ2) is 7.71. The lowest BCUT2D eigenvalue weighted by Crippen LogP contribution is -2.30. The van der Waals surface area contributed by atoms with Crippen LogP contribution in [-0.4, -0.2) is 7.85 Å². The topological polar surface area (TPSA) is 0 Å². The van der Waals surface area contributed by atoms with E-state index in [1.807, 2.05) is 0 Å². The monoisotopic (exact) mass is 412 g/mol. The minimum Gasteiger partial charge on any atom is -0.203 e. The fourth-order valence-electron chi connectivity index (χ4n) is 3.29. The summed E-state index contributed by atoms with van der Waals surface area (Å²) in [6.07, 6.45) is 0.332. The molecule has 1 atom stereocenters. The molecule has 0 aliphatic rings. The zero-order valence-electron chi connectivity index (χ0n) is 15.0. The first-order valence-corrected chi connectivity index (χ1v) is 8.32. The Hall–Kier alpha value is -2.13. The number of hydrogen-bond donors (Lipinski definition) is 0. The third-order valence-electron chi connectivity index (χ3n) is 4.91. The fraction of sp³-hybridized carbons (Fsp3) is 0.333. The average molecular weight is 412 g/mol. The van der Waals surface area contributed by atoms with E-state index in [0.29, 0.717) is 6.42 Å². The van der Waals surface area contributed by atoms with Crippen molar-refractivity contribution in [1.29, 1.82) is 0 Å². The maximum absolute atomic E-state index is 14.6. The van der Waals surface area contributed by atoms with E-state index in [2.05, 4.69) is 0 Å². The molecule has 10 heteroatoms. The summed E-state index contributed by atoms with van der Waals surface area (Å²) in [5.41, 5.74) is -4.36. The first-order valence-electron chi connectivity index (χ1n) is 8.32. The Morgan fingerprint density at radius 1 is 0.571 bits per heavy atom. The van der Waals surface area contributed by atoms with Gasteiger partial charge < -0.3 is 0 Å². The molecule has 0 aliphatic heterocycles. The highest BCUT2D eigenvalue weighted by molar-refractivity contribution is 6.16. The van der Waals surface area contributed by atoms with Crippen LogP contribution in [0.15, 0.2) is 0 Å². The van der Waals surface area contributed by atoms with Crippen molar-refractivity contribution in [3.05, 3.63) is 57.9 Å². The summed E-state index contributed by atoms with van der Waals surface area (Å²) in [5.74, 6) is -21.2. The lowest BCUT2D eigenvalue weighted by atomic mass is 9.58. The van der Waals surface area contributed by atoms with Crippen LogP contribution in [0.2, 0.25) is 0 Å². The van der Waals surface area contributed by atoms with Crippen molar-refractivity contribution >= 4 is 7.85 Å². The zero-order chi connectivity index (χ0) is 21.5. The van der Waals surface area contributed by atoms with Gasteiger partial charge in [-0.15, -0.1) is 0 Å². The molecule has 0 heterocycles. The molecule has 28 heavy (non-hydrogen) atoms. The van der Waals surface area contributed by atoms with E-state index < -0.39 is 74.4 Å². The van der Waals surface area contributed by atoms with Gasteiger partial charge in [-0.2, -0.15) is 0 Å². The van der Waals surface area contributed by atoms with Crippen LogP contribution < -0.4 is 0 Å². The maximum atomic E-state index is 14.6. The van der Waals surface area contributed by atoms with Crippen LogP contribution in [0.3, 0.4) is 0 Å². The van der Waals surface area contributed by atoms with Crippen LogP contribution in [0.25, 0.3) is 11.1 Å². The molecule has 0 fully saturated rings. The first-order chi connectivity index (χ1) is 12.9. The summed E-state index contributed by atoms with van der Waals surface area (Å²) in [5, 5.41) is -1.48. The Balaban J connectivity index is 3.14. The predicted octanol–water partition coefficient (Wildman–Crippen LogP) is 5.64. The molecule has 0 amide bonds. The molecule has 2 aromatic rings. The van der Waals surface area contributed by atoms with Crippen LogP contribution in [0.5, 0.6) is 0 Å². The number of halogens is 9. The molecule has 0 saturated carbocycles. The third kappa shape index (κ3) is 3.16. The van der Waals surface area contributed by atoms with E-state index in [1.54, 1.807) is 6.92 Å². The van der Waals surface area contributed by atoms with Crippen molar-refractivity contribution in [2.75, 3.05) is 0 Å². The van der Waals surface area contributed by atoms with Crippen LogP contribution in [0.4, 0.5) is 39.5 Å². The van der Waals surface area contributed by atoms with Crippen molar-refractivity contribution in [2.45, 2.75) is 38.4 Å². The summed E-state index contributed by atoms with van der Waals surface area (Å²) in [6.45, 7) is 3.09. The SMILES string of the molecule is BC(CC)(CCC)c1c(F)c(F)c(F)c(F)c1-c1c(F)c(F)c(F)c(F)c1F.